The molecule has 1 aromatic heterocycles. The van der Waals surface area contributed by atoms with Crippen molar-refractivity contribution in [3.05, 3.63) is 16.6 Å². The monoisotopic (exact) mass is 243 g/mol. The molecule has 84 valence electrons. The van der Waals surface area contributed by atoms with Crippen LogP contribution in [0.1, 0.15) is 38.0 Å². The van der Waals surface area contributed by atoms with Crippen molar-refractivity contribution in [1.82, 2.24) is 4.98 Å². The molecule has 1 aliphatic carbocycles. The molecule has 0 N–H and O–H groups in total. The zero-order chi connectivity index (χ0) is 10.9. The molecule has 0 spiro atoms. The van der Waals surface area contributed by atoms with E-state index in [1.54, 1.807) is 11.3 Å². The van der Waals surface area contributed by atoms with Crippen molar-refractivity contribution in [3.63, 3.8) is 0 Å². The molecular weight excluding hydrogens is 226 g/mol. The minimum atomic E-state index is 0.385. The summed E-state index contributed by atoms with van der Waals surface area (Å²) in [6.07, 6.45) is 6.74. The standard InChI is InChI=1S/C12H18ClNS/c1-12(2)4-3-10(13)5-9(12)6-11-7-14-8-15-11/h7-10H,3-6H2,1-2H3. The molecule has 1 nitrogen and oxygen atoms in total. The molecular formula is C12H18ClNS. The first kappa shape index (κ1) is 11.4. The molecule has 0 aromatic carbocycles. The predicted molar refractivity (Wildman–Crippen MR) is 66.6 cm³/mol. The van der Waals surface area contributed by atoms with Gasteiger partial charge in [-0.2, -0.15) is 0 Å². The van der Waals surface area contributed by atoms with E-state index in [4.69, 9.17) is 11.6 Å². The molecule has 1 saturated carbocycles. The van der Waals surface area contributed by atoms with Gasteiger partial charge in [-0.05, 0) is 37.0 Å². The molecule has 0 aliphatic heterocycles. The fourth-order valence-electron chi connectivity index (χ4n) is 2.42. The van der Waals surface area contributed by atoms with E-state index in [1.807, 2.05) is 11.7 Å². The van der Waals surface area contributed by atoms with Gasteiger partial charge in [0.2, 0.25) is 0 Å². The Bertz CT molecular complexity index is 307. The highest BCUT2D eigenvalue weighted by Gasteiger charge is 2.35. The van der Waals surface area contributed by atoms with Crippen molar-refractivity contribution < 1.29 is 0 Å². The highest BCUT2D eigenvalue weighted by atomic mass is 35.5. The van der Waals surface area contributed by atoms with Crippen LogP contribution in [0.15, 0.2) is 11.7 Å². The third kappa shape index (κ3) is 2.73. The number of hydrogen-bond donors (Lipinski definition) is 0. The van der Waals surface area contributed by atoms with Gasteiger partial charge < -0.3 is 0 Å². The molecule has 0 amide bonds. The molecule has 1 aliphatic rings. The predicted octanol–water partition coefficient (Wildman–Crippen LogP) is 4.12. The Hall–Kier alpha value is -0.0800. The fraction of sp³-hybridized carbons (Fsp3) is 0.750. The fourth-order valence-corrected chi connectivity index (χ4v) is 3.42. The average Bonchev–Trinajstić information content (AvgIpc) is 2.65. The molecule has 15 heavy (non-hydrogen) atoms. The lowest BCUT2D eigenvalue weighted by Crippen LogP contribution is -2.33. The van der Waals surface area contributed by atoms with Crippen LogP contribution in [0.4, 0.5) is 0 Å². The Kier molecular flexibility index (Phi) is 3.36. The number of halogens is 1. The van der Waals surface area contributed by atoms with Gasteiger partial charge >= 0.3 is 0 Å². The molecule has 0 saturated heterocycles. The van der Waals surface area contributed by atoms with Crippen molar-refractivity contribution >= 4 is 22.9 Å². The van der Waals surface area contributed by atoms with Gasteiger partial charge in [0.05, 0.1) is 5.51 Å². The summed E-state index contributed by atoms with van der Waals surface area (Å²) in [6.45, 7) is 4.75. The van der Waals surface area contributed by atoms with E-state index in [1.165, 1.54) is 17.7 Å². The maximum absolute atomic E-state index is 6.27. The smallest absolute Gasteiger partial charge is 0.0794 e. The van der Waals surface area contributed by atoms with Crippen LogP contribution in [0, 0.1) is 11.3 Å². The van der Waals surface area contributed by atoms with E-state index in [-0.39, 0.29) is 0 Å². The first-order valence-corrected chi connectivity index (χ1v) is 6.91. The molecule has 1 aromatic rings. The van der Waals surface area contributed by atoms with Gasteiger partial charge in [-0.1, -0.05) is 13.8 Å². The average molecular weight is 244 g/mol. The second-order valence-electron chi connectivity index (χ2n) is 5.23. The molecule has 2 atom stereocenters. The van der Waals surface area contributed by atoms with E-state index in [0.717, 1.165) is 12.8 Å². The number of thiazole rings is 1. The van der Waals surface area contributed by atoms with E-state index in [2.05, 4.69) is 18.8 Å². The van der Waals surface area contributed by atoms with Crippen LogP contribution in [-0.4, -0.2) is 10.4 Å². The maximum atomic E-state index is 6.27. The van der Waals surface area contributed by atoms with Crippen LogP contribution < -0.4 is 0 Å². The normalized spacial score (nSPS) is 30.3. The van der Waals surface area contributed by atoms with E-state index in [0.29, 0.717) is 16.7 Å². The Morgan fingerprint density at radius 2 is 2.40 bits per heavy atom. The van der Waals surface area contributed by atoms with Gasteiger partial charge in [0.15, 0.2) is 0 Å². The summed E-state index contributed by atoms with van der Waals surface area (Å²) in [7, 11) is 0. The van der Waals surface area contributed by atoms with E-state index >= 15 is 0 Å². The number of hydrogen-bond acceptors (Lipinski definition) is 2. The summed E-state index contributed by atoms with van der Waals surface area (Å²) in [6, 6.07) is 0. The van der Waals surface area contributed by atoms with Crippen LogP contribution in [0.2, 0.25) is 0 Å². The second kappa shape index (κ2) is 4.42. The molecule has 1 heterocycles. The van der Waals surface area contributed by atoms with Crippen molar-refractivity contribution in [2.75, 3.05) is 0 Å². The Labute approximate surface area is 101 Å². The van der Waals surface area contributed by atoms with Gasteiger partial charge in [-0.25, -0.2) is 0 Å². The first-order chi connectivity index (χ1) is 7.08. The summed E-state index contributed by atoms with van der Waals surface area (Å²) >= 11 is 8.03. The minimum absolute atomic E-state index is 0.385. The highest BCUT2D eigenvalue weighted by molar-refractivity contribution is 7.09. The Morgan fingerprint density at radius 3 is 3.07 bits per heavy atom. The third-order valence-corrected chi connectivity index (χ3v) is 4.88. The molecule has 3 heteroatoms. The number of nitrogens with zero attached hydrogens (tertiary/aromatic N) is 1. The van der Waals surface area contributed by atoms with Gasteiger partial charge in [0, 0.05) is 16.5 Å². The van der Waals surface area contributed by atoms with Gasteiger partial charge in [0.1, 0.15) is 0 Å². The zero-order valence-electron chi connectivity index (χ0n) is 9.37. The van der Waals surface area contributed by atoms with Gasteiger partial charge in [-0.3, -0.25) is 4.98 Å². The van der Waals surface area contributed by atoms with Crippen LogP contribution >= 0.6 is 22.9 Å². The molecule has 1 fully saturated rings. The lowest BCUT2D eigenvalue weighted by molar-refractivity contribution is 0.141. The minimum Gasteiger partial charge on any atom is -0.253 e. The molecule has 2 rings (SSSR count). The Balaban J connectivity index is 2.05. The molecule has 0 radical (unpaired) electrons. The highest BCUT2D eigenvalue weighted by Crippen LogP contribution is 2.44. The summed E-state index contributed by atoms with van der Waals surface area (Å²) < 4.78 is 0. The summed E-state index contributed by atoms with van der Waals surface area (Å²) in [5.74, 6) is 0.717. The summed E-state index contributed by atoms with van der Waals surface area (Å²) in [4.78, 5) is 5.54. The zero-order valence-corrected chi connectivity index (χ0v) is 10.9. The van der Waals surface area contributed by atoms with Crippen molar-refractivity contribution in [1.29, 1.82) is 0 Å². The number of aromatic nitrogens is 1. The van der Waals surface area contributed by atoms with Crippen molar-refractivity contribution in [2.45, 2.75) is 44.9 Å². The topological polar surface area (TPSA) is 12.9 Å². The first-order valence-electron chi connectivity index (χ1n) is 5.59. The second-order valence-corrected chi connectivity index (χ2v) is 6.82. The summed E-state index contributed by atoms with van der Waals surface area (Å²) in [5.41, 5.74) is 2.36. The molecule has 2 unspecified atom stereocenters. The van der Waals surface area contributed by atoms with Crippen LogP contribution in [-0.2, 0) is 6.42 Å². The third-order valence-electron chi connectivity index (χ3n) is 3.68. The van der Waals surface area contributed by atoms with Crippen LogP contribution in [0.5, 0.6) is 0 Å². The molecule has 0 bridgehead atoms. The maximum Gasteiger partial charge on any atom is 0.0794 e. The largest absolute Gasteiger partial charge is 0.253 e. The number of alkyl halides is 1. The Morgan fingerprint density at radius 1 is 1.60 bits per heavy atom. The van der Waals surface area contributed by atoms with Crippen molar-refractivity contribution in [2.24, 2.45) is 11.3 Å². The lowest BCUT2D eigenvalue weighted by atomic mass is 9.67. The summed E-state index contributed by atoms with van der Waals surface area (Å²) in [5, 5.41) is 0.385. The van der Waals surface area contributed by atoms with E-state index < -0.39 is 0 Å². The van der Waals surface area contributed by atoms with Crippen molar-refractivity contribution in [3.8, 4) is 0 Å². The van der Waals surface area contributed by atoms with E-state index in [9.17, 15) is 0 Å². The quantitative estimate of drug-likeness (QED) is 0.712. The lowest BCUT2D eigenvalue weighted by Gasteiger charge is -2.40. The SMILES string of the molecule is CC1(C)CCC(Cl)CC1Cc1cncs1. The van der Waals surface area contributed by atoms with Gasteiger partial charge in [0.25, 0.3) is 0 Å². The van der Waals surface area contributed by atoms with Gasteiger partial charge in [-0.15, -0.1) is 22.9 Å². The van der Waals surface area contributed by atoms with Crippen LogP contribution in [0.25, 0.3) is 0 Å². The van der Waals surface area contributed by atoms with Crippen LogP contribution in [0.3, 0.4) is 0 Å². The number of rotatable bonds is 2.